The van der Waals surface area contributed by atoms with E-state index in [0.717, 1.165) is 32.5 Å². The van der Waals surface area contributed by atoms with E-state index < -0.39 is 0 Å². The van der Waals surface area contributed by atoms with Gasteiger partial charge in [-0.2, -0.15) is 5.26 Å². The summed E-state index contributed by atoms with van der Waals surface area (Å²) < 4.78 is 0. The molecule has 2 nitrogen and oxygen atoms in total. The van der Waals surface area contributed by atoms with Crippen molar-refractivity contribution in [3.05, 3.63) is 42.0 Å². The molecule has 0 aromatic heterocycles. The zero-order valence-corrected chi connectivity index (χ0v) is 10.0. The lowest BCUT2D eigenvalue weighted by Crippen LogP contribution is -2.33. The summed E-state index contributed by atoms with van der Waals surface area (Å²) in [6, 6.07) is 12.7. The smallest absolute Gasteiger partial charge is 0.0656 e. The summed E-state index contributed by atoms with van der Waals surface area (Å²) in [5.41, 5.74) is 1.25. The van der Waals surface area contributed by atoms with Crippen molar-refractivity contribution in [3.8, 4) is 6.07 Å². The summed E-state index contributed by atoms with van der Waals surface area (Å²) in [4.78, 5) is 2.41. The monoisotopic (exact) mass is 226 g/mol. The second-order valence-corrected chi connectivity index (χ2v) is 4.52. The van der Waals surface area contributed by atoms with Gasteiger partial charge >= 0.3 is 0 Å². The fourth-order valence-corrected chi connectivity index (χ4v) is 2.15. The molecule has 1 heterocycles. The van der Waals surface area contributed by atoms with Crippen LogP contribution in [0.3, 0.4) is 0 Å². The summed E-state index contributed by atoms with van der Waals surface area (Å²) in [6.45, 7) is 3.10. The average molecular weight is 226 g/mol. The van der Waals surface area contributed by atoms with Gasteiger partial charge in [0.25, 0.3) is 0 Å². The van der Waals surface area contributed by atoms with E-state index in [0.29, 0.717) is 0 Å². The Labute approximate surface area is 103 Å². The summed E-state index contributed by atoms with van der Waals surface area (Å²) in [5, 5.41) is 8.82. The molecule has 0 N–H and O–H groups in total. The van der Waals surface area contributed by atoms with Gasteiger partial charge in [0.2, 0.25) is 0 Å². The van der Waals surface area contributed by atoms with E-state index in [2.05, 4.69) is 47.4 Å². The highest BCUT2D eigenvalue weighted by molar-refractivity contribution is 5.48. The van der Waals surface area contributed by atoms with Crippen molar-refractivity contribution in [2.24, 2.45) is 5.92 Å². The van der Waals surface area contributed by atoms with Gasteiger partial charge < -0.3 is 0 Å². The van der Waals surface area contributed by atoms with Gasteiger partial charge in [0.15, 0.2) is 0 Å². The third-order valence-corrected chi connectivity index (χ3v) is 3.24. The predicted octanol–water partition coefficient (Wildman–Crippen LogP) is 2.94. The minimum atomic E-state index is 0.282. The normalized spacial score (nSPS) is 18.3. The van der Waals surface area contributed by atoms with Crippen molar-refractivity contribution >= 4 is 6.08 Å². The summed E-state index contributed by atoms with van der Waals surface area (Å²) in [6.07, 6.45) is 6.42. The van der Waals surface area contributed by atoms with Crippen LogP contribution in [0.15, 0.2) is 36.4 Å². The van der Waals surface area contributed by atoms with Crippen molar-refractivity contribution in [2.45, 2.75) is 12.8 Å². The third kappa shape index (κ3) is 3.72. The van der Waals surface area contributed by atoms with Crippen LogP contribution in [-0.4, -0.2) is 24.5 Å². The first kappa shape index (κ1) is 11.9. The summed E-state index contributed by atoms with van der Waals surface area (Å²) in [7, 11) is 0. The fourth-order valence-electron chi connectivity index (χ4n) is 2.15. The van der Waals surface area contributed by atoms with Crippen molar-refractivity contribution in [1.82, 2.24) is 4.90 Å². The standard InChI is InChI=1S/C15H18N2/c16-13-15-8-11-17(12-9-15)10-4-7-14-5-2-1-3-6-14/h1-7,15H,8-12H2/b7-4+. The number of rotatable bonds is 3. The highest BCUT2D eigenvalue weighted by Crippen LogP contribution is 2.15. The van der Waals surface area contributed by atoms with Crippen molar-refractivity contribution in [1.29, 1.82) is 5.26 Å². The molecule has 1 saturated heterocycles. The summed E-state index contributed by atoms with van der Waals surface area (Å²) in [5.74, 6) is 0.282. The quantitative estimate of drug-likeness (QED) is 0.792. The first-order valence-corrected chi connectivity index (χ1v) is 6.22. The molecule has 0 aliphatic carbocycles. The van der Waals surface area contributed by atoms with E-state index in [-0.39, 0.29) is 5.92 Å². The van der Waals surface area contributed by atoms with Gasteiger partial charge in [-0.15, -0.1) is 0 Å². The molecular weight excluding hydrogens is 208 g/mol. The average Bonchev–Trinajstić information content (AvgIpc) is 2.41. The Morgan fingerprint density at radius 2 is 1.94 bits per heavy atom. The summed E-state index contributed by atoms with van der Waals surface area (Å²) >= 11 is 0. The maximum absolute atomic E-state index is 8.82. The fraction of sp³-hybridized carbons (Fsp3) is 0.400. The van der Waals surface area contributed by atoms with Gasteiger partial charge in [0.1, 0.15) is 0 Å². The molecule has 88 valence electrons. The van der Waals surface area contributed by atoms with Crippen LogP contribution in [-0.2, 0) is 0 Å². The molecule has 17 heavy (non-hydrogen) atoms. The Bertz CT molecular complexity index is 395. The maximum atomic E-state index is 8.82. The Balaban J connectivity index is 1.76. The molecule has 0 saturated carbocycles. The van der Waals surface area contributed by atoms with Gasteiger partial charge in [-0.05, 0) is 31.5 Å². The molecule has 1 aliphatic rings. The number of hydrogen-bond donors (Lipinski definition) is 0. The molecular formula is C15H18N2. The van der Waals surface area contributed by atoms with Gasteiger partial charge in [-0.3, -0.25) is 4.90 Å². The second-order valence-electron chi connectivity index (χ2n) is 4.52. The zero-order valence-electron chi connectivity index (χ0n) is 10.0. The second kappa shape index (κ2) is 6.22. The molecule has 0 amide bonds. The number of likely N-dealkylation sites (tertiary alicyclic amines) is 1. The first-order valence-electron chi connectivity index (χ1n) is 6.22. The third-order valence-electron chi connectivity index (χ3n) is 3.24. The van der Waals surface area contributed by atoms with E-state index >= 15 is 0 Å². The lowest BCUT2D eigenvalue weighted by molar-refractivity contribution is 0.225. The lowest BCUT2D eigenvalue weighted by Gasteiger charge is -2.27. The van der Waals surface area contributed by atoms with Crippen LogP contribution < -0.4 is 0 Å². The molecule has 1 aromatic carbocycles. The molecule has 1 aliphatic heterocycles. The molecule has 0 atom stereocenters. The molecule has 0 spiro atoms. The Morgan fingerprint density at radius 3 is 2.59 bits per heavy atom. The van der Waals surface area contributed by atoms with Gasteiger partial charge in [-0.25, -0.2) is 0 Å². The molecule has 1 aromatic rings. The van der Waals surface area contributed by atoms with E-state index in [1.165, 1.54) is 5.56 Å². The molecule has 0 bridgehead atoms. The van der Waals surface area contributed by atoms with Crippen LogP contribution in [0.4, 0.5) is 0 Å². The van der Waals surface area contributed by atoms with E-state index in [9.17, 15) is 0 Å². The maximum Gasteiger partial charge on any atom is 0.0656 e. The highest BCUT2D eigenvalue weighted by Gasteiger charge is 2.17. The minimum absolute atomic E-state index is 0.282. The van der Waals surface area contributed by atoms with E-state index in [1.54, 1.807) is 0 Å². The SMILES string of the molecule is N#CC1CCN(C/C=C/c2ccccc2)CC1. The van der Waals surface area contributed by atoms with Crippen LogP contribution in [0, 0.1) is 17.2 Å². The number of benzene rings is 1. The van der Waals surface area contributed by atoms with Crippen LogP contribution >= 0.6 is 0 Å². The Hall–Kier alpha value is -1.59. The molecule has 0 unspecified atom stereocenters. The largest absolute Gasteiger partial charge is 0.300 e. The molecule has 2 heteroatoms. The van der Waals surface area contributed by atoms with Crippen molar-refractivity contribution in [3.63, 3.8) is 0 Å². The van der Waals surface area contributed by atoms with E-state index in [4.69, 9.17) is 5.26 Å². The zero-order chi connectivity index (χ0) is 11.9. The van der Waals surface area contributed by atoms with Crippen molar-refractivity contribution < 1.29 is 0 Å². The van der Waals surface area contributed by atoms with Gasteiger partial charge in [0.05, 0.1) is 6.07 Å². The topological polar surface area (TPSA) is 27.0 Å². The molecule has 1 fully saturated rings. The van der Waals surface area contributed by atoms with Crippen molar-refractivity contribution in [2.75, 3.05) is 19.6 Å². The number of nitrogens with zero attached hydrogens (tertiary/aromatic N) is 2. The minimum Gasteiger partial charge on any atom is -0.300 e. The lowest BCUT2D eigenvalue weighted by atomic mass is 9.99. The number of hydrogen-bond acceptors (Lipinski definition) is 2. The van der Waals surface area contributed by atoms with E-state index in [1.807, 2.05) is 6.07 Å². The highest BCUT2D eigenvalue weighted by atomic mass is 15.1. The van der Waals surface area contributed by atoms with Crippen LogP contribution in [0.2, 0.25) is 0 Å². The van der Waals surface area contributed by atoms with Crippen LogP contribution in [0.1, 0.15) is 18.4 Å². The van der Waals surface area contributed by atoms with Crippen LogP contribution in [0.5, 0.6) is 0 Å². The van der Waals surface area contributed by atoms with Gasteiger partial charge in [0, 0.05) is 12.5 Å². The number of piperidine rings is 1. The molecule has 2 rings (SSSR count). The molecule has 0 radical (unpaired) electrons. The first-order chi connectivity index (χ1) is 8.38. The predicted molar refractivity (Wildman–Crippen MR) is 70.3 cm³/mol. The van der Waals surface area contributed by atoms with Gasteiger partial charge in [-0.1, -0.05) is 42.5 Å². The Kier molecular flexibility index (Phi) is 4.35. The van der Waals surface area contributed by atoms with Crippen LogP contribution in [0.25, 0.3) is 6.08 Å². The Morgan fingerprint density at radius 1 is 1.24 bits per heavy atom. The number of nitriles is 1.